The van der Waals surface area contributed by atoms with Gasteiger partial charge in [-0.2, -0.15) is 11.8 Å². The second-order valence-electron chi connectivity index (χ2n) is 5.80. The van der Waals surface area contributed by atoms with Gasteiger partial charge in [-0.05, 0) is 26.7 Å². The van der Waals surface area contributed by atoms with Gasteiger partial charge in [0.15, 0.2) is 0 Å². The number of carbonyl (C=O) groups excluding carboxylic acids is 1. The molecular formula is C13H24N2O2S. The summed E-state index contributed by atoms with van der Waals surface area (Å²) in [7, 11) is 0. The Balaban J connectivity index is 1.73. The van der Waals surface area contributed by atoms with Gasteiger partial charge in [-0.25, -0.2) is 0 Å². The summed E-state index contributed by atoms with van der Waals surface area (Å²) < 4.78 is 5.66. The number of thioether (sulfide) groups is 1. The number of carbonyl (C=O) groups is 1. The molecule has 2 rings (SSSR count). The van der Waals surface area contributed by atoms with E-state index in [-0.39, 0.29) is 17.6 Å². The molecule has 0 spiro atoms. The minimum atomic E-state index is -0.102. The van der Waals surface area contributed by atoms with Gasteiger partial charge in [-0.1, -0.05) is 0 Å². The van der Waals surface area contributed by atoms with Crippen molar-refractivity contribution in [1.82, 2.24) is 10.6 Å². The van der Waals surface area contributed by atoms with Crippen LogP contribution in [-0.2, 0) is 9.53 Å². The van der Waals surface area contributed by atoms with E-state index in [9.17, 15) is 4.79 Å². The maximum absolute atomic E-state index is 12.0. The van der Waals surface area contributed by atoms with Gasteiger partial charge in [0.2, 0.25) is 5.91 Å². The number of amides is 1. The third kappa shape index (κ3) is 4.44. The van der Waals surface area contributed by atoms with Crippen molar-refractivity contribution in [2.24, 2.45) is 0 Å². The molecule has 0 aromatic rings. The average molecular weight is 272 g/mol. The topological polar surface area (TPSA) is 50.4 Å². The quantitative estimate of drug-likeness (QED) is 0.809. The van der Waals surface area contributed by atoms with Gasteiger partial charge in [0.25, 0.3) is 0 Å². The molecule has 1 amide bonds. The van der Waals surface area contributed by atoms with Crippen LogP contribution in [-0.4, -0.2) is 48.2 Å². The van der Waals surface area contributed by atoms with Crippen molar-refractivity contribution in [3.8, 4) is 0 Å². The zero-order chi connectivity index (χ0) is 13.0. The number of hydrogen-bond acceptors (Lipinski definition) is 4. The van der Waals surface area contributed by atoms with E-state index >= 15 is 0 Å². The first-order valence-corrected chi connectivity index (χ1v) is 7.95. The zero-order valence-electron chi connectivity index (χ0n) is 11.3. The highest BCUT2D eigenvalue weighted by atomic mass is 32.2. The van der Waals surface area contributed by atoms with Gasteiger partial charge < -0.3 is 15.4 Å². The lowest BCUT2D eigenvalue weighted by Gasteiger charge is -2.36. The number of rotatable bonds is 3. The molecule has 2 N–H and O–H groups in total. The molecule has 2 unspecified atom stereocenters. The van der Waals surface area contributed by atoms with Crippen LogP contribution >= 0.6 is 11.8 Å². The van der Waals surface area contributed by atoms with Crippen LogP contribution in [0.1, 0.15) is 33.1 Å². The standard InChI is InChI=1S/C13H24N2O2S/c1-13(2)8-10(3-5-17-13)15-12(16)7-11-9-18-6-4-14-11/h10-11,14H,3-9H2,1-2H3,(H,15,16). The summed E-state index contributed by atoms with van der Waals surface area (Å²) in [4.78, 5) is 12.0. The first kappa shape index (κ1) is 14.2. The van der Waals surface area contributed by atoms with Gasteiger partial charge in [0.05, 0.1) is 5.60 Å². The van der Waals surface area contributed by atoms with Gasteiger partial charge in [0.1, 0.15) is 0 Å². The van der Waals surface area contributed by atoms with Gasteiger partial charge >= 0.3 is 0 Å². The molecule has 2 saturated heterocycles. The summed E-state index contributed by atoms with van der Waals surface area (Å²) in [5, 5.41) is 6.55. The predicted molar refractivity (Wildman–Crippen MR) is 74.9 cm³/mol. The van der Waals surface area contributed by atoms with Crippen molar-refractivity contribution < 1.29 is 9.53 Å². The lowest BCUT2D eigenvalue weighted by atomic mass is 9.94. The Hall–Kier alpha value is -0.260. The van der Waals surface area contributed by atoms with E-state index in [2.05, 4.69) is 24.5 Å². The molecule has 0 aliphatic carbocycles. The van der Waals surface area contributed by atoms with Crippen molar-refractivity contribution >= 4 is 17.7 Å². The SMILES string of the molecule is CC1(C)CC(NC(=O)CC2CSCCN2)CCO1. The minimum Gasteiger partial charge on any atom is -0.375 e. The highest BCUT2D eigenvalue weighted by Gasteiger charge is 2.30. The molecule has 0 saturated carbocycles. The molecule has 104 valence electrons. The monoisotopic (exact) mass is 272 g/mol. The van der Waals surface area contributed by atoms with Crippen LogP contribution in [0.2, 0.25) is 0 Å². The van der Waals surface area contributed by atoms with Crippen LogP contribution in [0, 0.1) is 0 Å². The fourth-order valence-corrected chi connectivity index (χ4v) is 3.57. The molecule has 2 aliphatic heterocycles. The molecule has 0 aromatic carbocycles. The smallest absolute Gasteiger partial charge is 0.221 e. The van der Waals surface area contributed by atoms with E-state index in [0.717, 1.165) is 37.5 Å². The molecule has 2 fully saturated rings. The summed E-state index contributed by atoms with van der Waals surface area (Å²) >= 11 is 1.93. The maximum atomic E-state index is 12.0. The number of nitrogens with one attached hydrogen (secondary N) is 2. The molecule has 18 heavy (non-hydrogen) atoms. The Morgan fingerprint density at radius 1 is 1.56 bits per heavy atom. The second kappa shape index (κ2) is 6.26. The van der Waals surface area contributed by atoms with E-state index in [0.29, 0.717) is 12.5 Å². The molecule has 2 heterocycles. The number of hydrogen-bond donors (Lipinski definition) is 2. The van der Waals surface area contributed by atoms with Crippen molar-refractivity contribution in [3.63, 3.8) is 0 Å². The molecule has 0 bridgehead atoms. The number of ether oxygens (including phenoxy) is 1. The Labute approximate surface area is 114 Å². The average Bonchev–Trinajstić information content (AvgIpc) is 2.28. The minimum absolute atomic E-state index is 0.102. The molecule has 4 nitrogen and oxygen atoms in total. The van der Waals surface area contributed by atoms with E-state index in [1.807, 2.05) is 11.8 Å². The van der Waals surface area contributed by atoms with Crippen LogP contribution in [0.3, 0.4) is 0 Å². The first-order valence-electron chi connectivity index (χ1n) is 6.80. The lowest BCUT2D eigenvalue weighted by molar-refractivity contribution is -0.124. The molecule has 0 aromatic heterocycles. The highest BCUT2D eigenvalue weighted by molar-refractivity contribution is 7.99. The molecule has 5 heteroatoms. The van der Waals surface area contributed by atoms with Crippen LogP contribution in [0.25, 0.3) is 0 Å². The zero-order valence-corrected chi connectivity index (χ0v) is 12.1. The van der Waals surface area contributed by atoms with Gasteiger partial charge in [-0.15, -0.1) is 0 Å². The van der Waals surface area contributed by atoms with Crippen molar-refractivity contribution in [1.29, 1.82) is 0 Å². The van der Waals surface area contributed by atoms with E-state index in [4.69, 9.17) is 4.74 Å². The van der Waals surface area contributed by atoms with E-state index in [1.54, 1.807) is 0 Å². The fourth-order valence-electron chi connectivity index (χ4n) is 2.62. The summed E-state index contributed by atoms with van der Waals surface area (Å²) in [5.41, 5.74) is -0.102. The second-order valence-corrected chi connectivity index (χ2v) is 6.95. The van der Waals surface area contributed by atoms with Crippen LogP contribution in [0.4, 0.5) is 0 Å². The third-order valence-corrected chi connectivity index (χ3v) is 4.62. The van der Waals surface area contributed by atoms with Crippen LogP contribution in [0.15, 0.2) is 0 Å². The predicted octanol–water partition coefficient (Wildman–Crippen LogP) is 1.16. The van der Waals surface area contributed by atoms with Crippen molar-refractivity contribution in [2.75, 3.05) is 24.7 Å². The summed E-state index contributed by atoms with van der Waals surface area (Å²) in [6, 6.07) is 0.620. The molecular weight excluding hydrogens is 248 g/mol. The summed E-state index contributed by atoms with van der Waals surface area (Å²) in [6.45, 7) is 5.94. The molecule has 0 radical (unpaired) electrons. The third-order valence-electron chi connectivity index (χ3n) is 3.49. The Bertz CT molecular complexity index is 291. The van der Waals surface area contributed by atoms with E-state index < -0.39 is 0 Å². The van der Waals surface area contributed by atoms with Crippen LogP contribution in [0.5, 0.6) is 0 Å². The van der Waals surface area contributed by atoms with Crippen molar-refractivity contribution in [3.05, 3.63) is 0 Å². The van der Waals surface area contributed by atoms with Crippen LogP contribution < -0.4 is 10.6 Å². The normalized spacial score (nSPS) is 31.9. The van der Waals surface area contributed by atoms with Gasteiger partial charge in [0, 0.05) is 43.2 Å². The lowest BCUT2D eigenvalue weighted by Crippen LogP contribution is -2.48. The maximum Gasteiger partial charge on any atom is 0.221 e. The largest absolute Gasteiger partial charge is 0.375 e. The summed E-state index contributed by atoms with van der Waals surface area (Å²) in [5.74, 6) is 2.39. The Morgan fingerprint density at radius 3 is 3.06 bits per heavy atom. The van der Waals surface area contributed by atoms with E-state index in [1.165, 1.54) is 0 Å². The molecule has 2 aliphatic rings. The highest BCUT2D eigenvalue weighted by Crippen LogP contribution is 2.24. The van der Waals surface area contributed by atoms with Crippen molar-refractivity contribution in [2.45, 2.75) is 50.8 Å². The molecule has 2 atom stereocenters. The Kier molecular flexibility index (Phi) is 4.92. The Morgan fingerprint density at radius 2 is 2.39 bits per heavy atom. The summed E-state index contributed by atoms with van der Waals surface area (Å²) in [6.07, 6.45) is 2.44. The fraction of sp³-hybridized carbons (Fsp3) is 0.923. The first-order chi connectivity index (χ1) is 8.55. The van der Waals surface area contributed by atoms with Gasteiger partial charge in [-0.3, -0.25) is 4.79 Å².